The monoisotopic (exact) mass is 352 g/mol. The maximum absolute atomic E-state index is 6.27. The molecule has 0 aliphatic heterocycles. The van der Waals surface area contributed by atoms with Crippen LogP contribution in [0.4, 0.5) is 5.69 Å². The van der Waals surface area contributed by atoms with Gasteiger partial charge in [0.25, 0.3) is 0 Å². The van der Waals surface area contributed by atoms with Crippen LogP contribution in [0.5, 0.6) is 0 Å². The number of hydrogen-bond donors (Lipinski definition) is 1. The summed E-state index contributed by atoms with van der Waals surface area (Å²) in [5.41, 5.74) is 8.88. The van der Waals surface area contributed by atoms with E-state index < -0.39 is 0 Å². The maximum Gasteiger partial charge on any atom is 0.0453 e. The standard InChI is InChI=1S/C16H18BrClN2/c1-11(14-5-3-4-6-16(14)18)20(2)10-12-7-8-13(19)9-15(12)17/h3-9,11H,10,19H2,1-2H3. The number of halogens is 2. The Kier molecular flexibility index (Phi) is 5.08. The average Bonchev–Trinajstić information content (AvgIpc) is 2.41. The molecule has 0 spiro atoms. The minimum Gasteiger partial charge on any atom is -0.399 e. The van der Waals surface area contributed by atoms with E-state index in [9.17, 15) is 0 Å². The smallest absolute Gasteiger partial charge is 0.0453 e. The SMILES string of the molecule is CC(c1ccccc1Cl)N(C)Cc1ccc(N)cc1Br. The van der Waals surface area contributed by atoms with Crippen molar-refractivity contribution >= 4 is 33.2 Å². The van der Waals surface area contributed by atoms with Crippen molar-refractivity contribution in [2.75, 3.05) is 12.8 Å². The Balaban J connectivity index is 2.15. The van der Waals surface area contributed by atoms with Crippen LogP contribution in [0.25, 0.3) is 0 Å². The summed E-state index contributed by atoms with van der Waals surface area (Å²) in [6.45, 7) is 2.99. The third-order valence-corrected chi connectivity index (χ3v) is 4.60. The molecule has 20 heavy (non-hydrogen) atoms. The van der Waals surface area contributed by atoms with Gasteiger partial charge in [0.05, 0.1) is 0 Å². The van der Waals surface area contributed by atoms with Crippen LogP contribution in [-0.2, 0) is 6.54 Å². The normalized spacial score (nSPS) is 12.7. The van der Waals surface area contributed by atoms with Gasteiger partial charge in [-0.2, -0.15) is 0 Å². The fourth-order valence-electron chi connectivity index (χ4n) is 2.15. The van der Waals surface area contributed by atoms with E-state index in [0.29, 0.717) is 0 Å². The first-order valence-electron chi connectivity index (χ1n) is 6.47. The summed E-state index contributed by atoms with van der Waals surface area (Å²) < 4.78 is 1.04. The van der Waals surface area contributed by atoms with Gasteiger partial charge in [-0.3, -0.25) is 4.90 Å². The Morgan fingerprint density at radius 2 is 1.95 bits per heavy atom. The number of rotatable bonds is 4. The molecule has 0 radical (unpaired) electrons. The molecule has 2 N–H and O–H groups in total. The topological polar surface area (TPSA) is 29.3 Å². The number of anilines is 1. The molecule has 2 aromatic rings. The molecular weight excluding hydrogens is 336 g/mol. The van der Waals surface area contributed by atoms with Crippen LogP contribution in [0.15, 0.2) is 46.9 Å². The Morgan fingerprint density at radius 3 is 2.60 bits per heavy atom. The van der Waals surface area contributed by atoms with Crippen molar-refractivity contribution in [3.05, 3.63) is 63.1 Å². The van der Waals surface area contributed by atoms with E-state index in [1.54, 1.807) is 0 Å². The lowest BCUT2D eigenvalue weighted by molar-refractivity contribution is 0.253. The molecule has 106 valence electrons. The van der Waals surface area contributed by atoms with Gasteiger partial charge in [0.15, 0.2) is 0 Å². The zero-order valence-electron chi connectivity index (χ0n) is 11.6. The Hall–Kier alpha value is -1.03. The molecule has 0 aliphatic rings. The number of benzene rings is 2. The van der Waals surface area contributed by atoms with Crippen molar-refractivity contribution in [2.45, 2.75) is 19.5 Å². The molecule has 0 heterocycles. The number of nitrogens with two attached hydrogens (primary N) is 1. The van der Waals surface area contributed by atoms with Gasteiger partial charge in [-0.05, 0) is 43.3 Å². The lowest BCUT2D eigenvalue weighted by atomic mass is 10.1. The molecular formula is C16H18BrClN2. The van der Waals surface area contributed by atoms with Crippen LogP contribution < -0.4 is 5.73 Å². The Morgan fingerprint density at radius 1 is 1.25 bits per heavy atom. The zero-order chi connectivity index (χ0) is 14.7. The highest BCUT2D eigenvalue weighted by Gasteiger charge is 2.15. The maximum atomic E-state index is 6.27. The van der Waals surface area contributed by atoms with E-state index in [2.05, 4.69) is 46.9 Å². The van der Waals surface area contributed by atoms with Crippen LogP contribution >= 0.6 is 27.5 Å². The summed E-state index contributed by atoms with van der Waals surface area (Å²) in [4.78, 5) is 2.26. The molecule has 0 saturated heterocycles. The first-order chi connectivity index (χ1) is 9.49. The van der Waals surface area contributed by atoms with Crippen molar-refractivity contribution in [3.63, 3.8) is 0 Å². The van der Waals surface area contributed by atoms with Crippen molar-refractivity contribution < 1.29 is 0 Å². The van der Waals surface area contributed by atoms with Gasteiger partial charge in [0, 0.05) is 27.8 Å². The molecule has 1 unspecified atom stereocenters. The predicted molar refractivity (Wildman–Crippen MR) is 89.9 cm³/mol. The van der Waals surface area contributed by atoms with Gasteiger partial charge in [-0.25, -0.2) is 0 Å². The highest BCUT2D eigenvalue weighted by molar-refractivity contribution is 9.10. The molecule has 2 rings (SSSR count). The van der Waals surface area contributed by atoms with Crippen molar-refractivity contribution in [3.8, 4) is 0 Å². The molecule has 2 nitrogen and oxygen atoms in total. The second kappa shape index (κ2) is 6.61. The predicted octanol–water partition coefficient (Wildman–Crippen LogP) is 4.88. The summed E-state index contributed by atoms with van der Waals surface area (Å²) in [7, 11) is 2.09. The summed E-state index contributed by atoms with van der Waals surface area (Å²) in [6, 6.07) is 14.1. The van der Waals surface area contributed by atoms with E-state index in [1.807, 2.05) is 30.3 Å². The number of nitrogens with zero attached hydrogens (tertiary/aromatic N) is 1. The lowest BCUT2D eigenvalue weighted by Crippen LogP contribution is -2.22. The van der Waals surface area contributed by atoms with Crippen LogP contribution in [0, 0.1) is 0 Å². The molecule has 1 atom stereocenters. The van der Waals surface area contributed by atoms with Gasteiger partial charge in [0.2, 0.25) is 0 Å². The van der Waals surface area contributed by atoms with Crippen molar-refractivity contribution in [1.29, 1.82) is 0 Å². The van der Waals surface area contributed by atoms with E-state index in [-0.39, 0.29) is 6.04 Å². The van der Waals surface area contributed by atoms with Crippen LogP contribution in [0.2, 0.25) is 5.02 Å². The molecule has 0 fully saturated rings. The molecule has 0 saturated carbocycles. The van der Waals surface area contributed by atoms with Gasteiger partial charge in [-0.15, -0.1) is 0 Å². The molecule has 0 bridgehead atoms. The van der Waals surface area contributed by atoms with E-state index in [1.165, 1.54) is 5.56 Å². The van der Waals surface area contributed by atoms with Crippen LogP contribution in [0.1, 0.15) is 24.1 Å². The zero-order valence-corrected chi connectivity index (χ0v) is 13.9. The summed E-state index contributed by atoms with van der Waals surface area (Å²) in [5.74, 6) is 0. The minimum atomic E-state index is 0.244. The van der Waals surface area contributed by atoms with Crippen molar-refractivity contribution in [1.82, 2.24) is 4.90 Å². The quantitative estimate of drug-likeness (QED) is 0.794. The number of hydrogen-bond acceptors (Lipinski definition) is 2. The third-order valence-electron chi connectivity index (χ3n) is 3.51. The third kappa shape index (κ3) is 3.54. The summed E-state index contributed by atoms with van der Waals surface area (Å²) in [6.07, 6.45) is 0. The molecule has 0 aliphatic carbocycles. The Labute approximate surface area is 133 Å². The van der Waals surface area contributed by atoms with Gasteiger partial charge in [-0.1, -0.05) is 51.8 Å². The Bertz CT molecular complexity index is 601. The summed E-state index contributed by atoms with van der Waals surface area (Å²) >= 11 is 9.83. The van der Waals surface area contributed by atoms with Gasteiger partial charge >= 0.3 is 0 Å². The fraction of sp³-hybridized carbons (Fsp3) is 0.250. The van der Waals surface area contributed by atoms with E-state index in [4.69, 9.17) is 17.3 Å². The summed E-state index contributed by atoms with van der Waals surface area (Å²) in [5, 5.41) is 0.809. The largest absolute Gasteiger partial charge is 0.399 e. The highest BCUT2D eigenvalue weighted by atomic mass is 79.9. The highest BCUT2D eigenvalue weighted by Crippen LogP contribution is 2.29. The molecule has 4 heteroatoms. The lowest BCUT2D eigenvalue weighted by Gasteiger charge is -2.26. The van der Waals surface area contributed by atoms with Gasteiger partial charge in [0.1, 0.15) is 0 Å². The fourth-order valence-corrected chi connectivity index (χ4v) is 2.96. The first-order valence-corrected chi connectivity index (χ1v) is 7.64. The average molecular weight is 354 g/mol. The molecule has 0 amide bonds. The van der Waals surface area contributed by atoms with Crippen LogP contribution in [0.3, 0.4) is 0 Å². The van der Waals surface area contributed by atoms with Gasteiger partial charge < -0.3 is 5.73 Å². The van der Waals surface area contributed by atoms with Crippen LogP contribution in [-0.4, -0.2) is 11.9 Å². The second-order valence-corrected chi connectivity index (χ2v) is 6.22. The first kappa shape index (κ1) is 15.4. The number of nitrogen functional groups attached to an aromatic ring is 1. The van der Waals surface area contributed by atoms with E-state index in [0.717, 1.165) is 27.3 Å². The van der Waals surface area contributed by atoms with E-state index >= 15 is 0 Å². The van der Waals surface area contributed by atoms with Crippen molar-refractivity contribution in [2.24, 2.45) is 0 Å². The second-order valence-electron chi connectivity index (χ2n) is 4.96. The molecule has 2 aromatic carbocycles. The minimum absolute atomic E-state index is 0.244. The molecule has 0 aromatic heterocycles.